The Balaban J connectivity index is 1.88. The van der Waals surface area contributed by atoms with E-state index in [1.165, 1.54) is 19.1 Å². The number of carbonyl (C=O) groups excluding carboxylic acids is 2. The van der Waals surface area contributed by atoms with Gasteiger partial charge in [-0.15, -0.1) is 0 Å². The molecule has 1 amide bonds. The lowest BCUT2D eigenvalue weighted by Crippen LogP contribution is -2.37. The van der Waals surface area contributed by atoms with Crippen molar-refractivity contribution in [2.45, 2.75) is 32.4 Å². The van der Waals surface area contributed by atoms with Gasteiger partial charge in [0.15, 0.2) is 6.10 Å². The summed E-state index contributed by atoms with van der Waals surface area (Å²) in [5, 5.41) is 3.46. The molecule has 0 saturated carbocycles. The molecular weight excluding hydrogens is 380 g/mol. The fourth-order valence-electron chi connectivity index (χ4n) is 2.27. The molecule has 138 valence electrons. The number of nitrogens with one attached hydrogen (secondary N) is 1. The summed E-state index contributed by atoms with van der Waals surface area (Å²) in [6.07, 6.45) is -0.990. The molecule has 0 heterocycles. The molecule has 0 unspecified atom stereocenters. The van der Waals surface area contributed by atoms with Crippen molar-refractivity contribution < 1.29 is 18.7 Å². The number of hydrogen-bond acceptors (Lipinski definition) is 3. The highest BCUT2D eigenvalue weighted by atomic mass is 35.5. The van der Waals surface area contributed by atoms with Crippen molar-refractivity contribution >= 4 is 35.1 Å². The zero-order chi connectivity index (χ0) is 19.3. The standard InChI is InChI=1S/C19H18Cl2FNO3/c1-11(14-4-6-15(22)7-5-14)23-19(25)12(2)26-18(24)10-13-3-8-16(20)17(21)9-13/h3-9,11-12H,10H2,1-2H3,(H,23,25)/t11-,12+/m1/s1. The summed E-state index contributed by atoms with van der Waals surface area (Å²) >= 11 is 11.7. The molecule has 0 aliphatic heterocycles. The first-order valence-corrected chi connectivity index (χ1v) is 8.71. The minimum absolute atomic E-state index is 0.0258. The summed E-state index contributed by atoms with van der Waals surface area (Å²) in [6.45, 7) is 3.24. The fraction of sp³-hybridized carbons (Fsp3) is 0.263. The third kappa shape index (κ3) is 5.71. The lowest BCUT2D eigenvalue weighted by Gasteiger charge is -2.18. The van der Waals surface area contributed by atoms with Gasteiger partial charge < -0.3 is 10.1 Å². The van der Waals surface area contributed by atoms with Gasteiger partial charge >= 0.3 is 5.97 Å². The Morgan fingerprint density at radius 1 is 1.08 bits per heavy atom. The number of rotatable bonds is 6. The number of carbonyl (C=O) groups is 2. The Morgan fingerprint density at radius 3 is 2.35 bits per heavy atom. The first-order valence-electron chi connectivity index (χ1n) is 7.95. The van der Waals surface area contributed by atoms with Crippen LogP contribution < -0.4 is 5.32 Å². The van der Waals surface area contributed by atoms with Gasteiger partial charge in [-0.1, -0.05) is 41.4 Å². The third-order valence-corrected chi connectivity index (χ3v) is 4.48. The quantitative estimate of drug-likeness (QED) is 0.730. The van der Waals surface area contributed by atoms with E-state index in [0.717, 1.165) is 5.56 Å². The topological polar surface area (TPSA) is 55.4 Å². The van der Waals surface area contributed by atoms with Crippen LogP contribution in [0.4, 0.5) is 4.39 Å². The van der Waals surface area contributed by atoms with Crippen molar-refractivity contribution in [1.29, 1.82) is 0 Å². The van der Waals surface area contributed by atoms with Crippen molar-refractivity contribution in [2.75, 3.05) is 0 Å². The van der Waals surface area contributed by atoms with Gasteiger partial charge in [-0.25, -0.2) is 4.39 Å². The molecule has 0 saturated heterocycles. The van der Waals surface area contributed by atoms with E-state index in [2.05, 4.69) is 5.32 Å². The highest BCUT2D eigenvalue weighted by molar-refractivity contribution is 6.42. The Bertz CT molecular complexity index is 796. The zero-order valence-electron chi connectivity index (χ0n) is 14.3. The molecule has 0 aliphatic carbocycles. The van der Waals surface area contributed by atoms with Crippen LogP contribution in [0, 0.1) is 5.82 Å². The predicted octanol–water partition coefficient (Wildman–Crippen LogP) is 4.48. The van der Waals surface area contributed by atoms with Crippen molar-refractivity contribution in [2.24, 2.45) is 0 Å². The van der Waals surface area contributed by atoms with Crippen LogP contribution in [0.2, 0.25) is 10.0 Å². The lowest BCUT2D eigenvalue weighted by molar-refractivity contribution is -0.154. The van der Waals surface area contributed by atoms with Crippen LogP contribution in [0.1, 0.15) is 31.0 Å². The summed E-state index contributed by atoms with van der Waals surface area (Å²) in [7, 11) is 0. The normalized spacial score (nSPS) is 13.0. The van der Waals surface area contributed by atoms with E-state index < -0.39 is 18.0 Å². The monoisotopic (exact) mass is 397 g/mol. The van der Waals surface area contributed by atoms with Crippen LogP contribution in [-0.4, -0.2) is 18.0 Å². The largest absolute Gasteiger partial charge is 0.452 e. The molecule has 26 heavy (non-hydrogen) atoms. The minimum atomic E-state index is -0.965. The lowest BCUT2D eigenvalue weighted by atomic mass is 10.1. The molecule has 4 nitrogen and oxygen atoms in total. The summed E-state index contributed by atoms with van der Waals surface area (Å²) in [6, 6.07) is 10.3. The molecule has 0 radical (unpaired) electrons. The van der Waals surface area contributed by atoms with E-state index in [-0.39, 0.29) is 18.3 Å². The highest BCUT2D eigenvalue weighted by Gasteiger charge is 2.20. The second kappa shape index (κ2) is 9.01. The molecule has 7 heteroatoms. The van der Waals surface area contributed by atoms with E-state index in [4.69, 9.17) is 27.9 Å². The molecular formula is C19H18Cl2FNO3. The van der Waals surface area contributed by atoms with Gasteiger partial charge in [0.2, 0.25) is 0 Å². The smallest absolute Gasteiger partial charge is 0.311 e. The SMILES string of the molecule is C[C@H](OC(=O)Cc1ccc(Cl)c(Cl)c1)C(=O)N[C@H](C)c1ccc(F)cc1. The van der Waals surface area contributed by atoms with Crippen molar-refractivity contribution in [1.82, 2.24) is 5.32 Å². The average molecular weight is 398 g/mol. The first kappa shape index (κ1) is 20.2. The maximum absolute atomic E-state index is 12.9. The number of benzene rings is 2. The second-order valence-electron chi connectivity index (χ2n) is 5.84. The van der Waals surface area contributed by atoms with Crippen LogP contribution in [0.15, 0.2) is 42.5 Å². The second-order valence-corrected chi connectivity index (χ2v) is 6.65. The molecule has 2 aromatic carbocycles. The fourth-order valence-corrected chi connectivity index (χ4v) is 2.59. The summed E-state index contributed by atoms with van der Waals surface area (Å²) in [5.41, 5.74) is 1.38. The van der Waals surface area contributed by atoms with Crippen molar-refractivity contribution in [3.63, 3.8) is 0 Å². The van der Waals surface area contributed by atoms with Crippen LogP contribution in [-0.2, 0) is 20.7 Å². The van der Waals surface area contributed by atoms with Gasteiger partial charge in [-0.3, -0.25) is 9.59 Å². The van der Waals surface area contributed by atoms with Crippen LogP contribution in [0.5, 0.6) is 0 Å². The number of esters is 1. The van der Waals surface area contributed by atoms with E-state index >= 15 is 0 Å². The molecule has 0 bridgehead atoms. The van der Waals surface area contributed by atoms with Crippen molar-refractivity contribution in [3.05, 3.63) is 69.5 Å². The first-order chi connectivity index (χ1) is 12.3. The van der Waals surface area contributed by atoms with Gasteiger partial charge in [-0.05, 0) is 49.2 Å². The van der Waals surface area contributed by atoms with Gasteiger partial charge in [0, 0.05) is 0 Å². The Labute approximate surface area is 161 Å². The van der Waals surface area contributed by atoms with Gasteiger partial charge in [-0.2, -0.15) is 0 Å². The molecule has 0 fully saturated rings. The van der Waals surface area contributed by atoms with E-state index in [9.17, 15) is 14.0 Å². The number of amides is 1. The molecule has 2 aromatic rings. The summed E-state index contributed by atoms with van der Waals surface area (Å²) < 4.78 is 18.1. The molecule has 0 spiro atoms. The van der Waals surface area contributed by atoms with Crippen LogP contribution >= 0.6 is 23.2 Å². The number of hydrogen-bond donors (Lipinski definition) is 1. The van der Waals surface area contributed by atoms with Gasteiger partial charge in [0.25, 0.3) is 5.91 Å². The minimum Gasteiger partial charge on any atom is -0.452 e. The van der Waals surface area contributed by atoms with Gasteiger partial charge in [0.05, 0.1) is 22.5 Å². The van der Waals surface area contributed by atoms with Gasteiger partial charge in [0.1, 0.15) is 5.82 Å². The molecule has 2 rings (SSSR count). The molecule has 0 aromatic heterocycles. The predicted molar refractivity (Wildman–Crippen MR) is 98.7 cm³/mol. The van der Waals surface area contributed by atoms with Crippen LogP contribution in [0.25, 0.3) is 0 Å². The van der Waals surface area contributed by atoms with Crippen LogP contribution in [0.3, 0.4) is 0 Å². The van der Waals surface area contributed by atoms with E-state index in [1.807, 2.05) is 0 Å². The maximum atomic E-state index is 12.9. The average Bonchev–Trinajstić information content (AvgIpc) is 2.58. The Morgan fingerprint density at radius 2 is 1.73 bits per heavy atom. The summed E-state index contributed by atoms with van der Waals surface area (Å²) in [5.74, 6) is -1.35. The Hall–Kier alpha value is -2.11. The molecule has 1 N–H and O–H groups in total. The maximum Gasteiger partial charge on any atom is 0.311 e. The molecule has 2 atom stereocenters. The summed E-state index contributed by atoms with van der Waals surface area (Å²) in [4.78, 5) is 24.2. The Kier molecular flexibility index (Phi) is 7.00. The highest BCUT2D eigenvalue weighted by Crippen LogP contribution is 2.23. The zero-order valence-corrected chi connectivity index (χ0v) is 15.8. The van der Waals surface area contributed by atoms with Crippen molar-refractivity contribution in [3.8, 4) is 0 Å². The number of halogens is 3. The third-order valence-electron chi connectivity index (χ3n) is 3.74. The van der Waals surface area contributed by atoms with E-state index in [0.29, 0.717) is 15.6 Å². The molecule has 0 aliphatic rings. The van der Waals surface area contributed by atoms with E-state index in [1.54, 1.807) is 37.3 Å². The number of ether oxygens (including phenoxy) is 1.